The molecule has 0 bridgehead atoms. The van der Waals surface area contributed by atoms with Crippen LogP contribution in [0.5, 0.6) is 0 Å². The van der Waals surface area contributed by atoms with E-state index in [1.807, 2.05) is 96.7 Å². The average molecular weight is 861 g/mol. The highest BCUT2D eigenvalue weighted by Gasteiger charge is 2.34. The van der Waals surface area contributed by atoms with Gasteiger partial charge in [-0.15, -0.1) is 0 Å². The first-order valence-corrected chi connectivity index (χ1v) is 22.9. The number of rotatable bonds is 21. The smallest absolute Gasteiger partial charge is 0.261 e. The van der Waals surface area contributed by atoms with E-state index in [9.17, 15) is 19.2 Å². The quantitative estimate of drug-likeness (QED) is 0.0511. The Labute approximate surface area is 373 Å². The van der Waals surface area contributed by atoms with E-state index in [0.29, 0.717) is 41.8 Å². The minimum absolute atomic E-state index is 0.182. The summed E-state index contributed by atoms with van der Waals surface area (Å²) in [6.07, 6.45) is 26.8. The van der Waals surface area contributed by atoms with Crippen molar-refractivity contribution in [1.82, 2.24) is 23.5 Å². The van der Waals surface area contributed by atoms with Crippen molar-refractivity contribution in [3.8, 4) is 0 Å². The maximum Gasteiger partial charge on any atom is 0.261 e. The highest BCUT2D eigenvalue weighted by atomic mass is 16.2. The maximum atomic E-state index is 13.7. The van der Waals surface area contributed by atoms with E-state index in [1.54, 1.807) is 0 Å². The zero-order valence-electron chi connectivity index (χ0n) is 37.0. The number of benzene rings is 4. The van der Waals surface area contributed by atoms with Crippen LogP contribution in [-0.4, -0.2) is 66.8 Å². The second-order valence-electron chi connectivity index (χ2n) is 17.4. The molecule has 2 aliphatic heterocycles. The molecule has 9 rings (SSSR count). The molecule has 1 N–H and O–H groups in total. The Kier molecular flexibility index (Phi) is 12.5. The van der Waals surface area contributed by atoms with Gasteiger partial charge in [0.25, 0.3) is 23.6 Å². The summed E-state index contributed by atoms with van der Waals surface area (Å²) in [6.45, 7) is 4.96. The summed E-state index contributed by atoms with van der Waals surface area (Å²) in [6, 6.07) is 19.4. The first kappa shape index (κ1) is 42.4. The molecule has 2 aliphatic rings. The van der Waals surface area contributed by atoms with Crippen LogP contribution >= 0.6 is 0 Å². The lowest BCUT2D eigenvalue weighted by atomic mass is 9.89. The van der Waals surface area contributed by atoms with Crippen LogP contribution < -0.4 is 19.0 Å². The fourth-order valence-electron chi connectivity index (χ4n) is 9.53. The van der Waals surface area contributed by atoms with Crippen LogP contribution in [0.25, 0.3) is 21.5 Å². The van der Waals surface area contributed by atoms with Crippen molar-refractivity contribution in [2.45, 2.75) is 84.0 Å². The molecule has 5 heterocycles. The van der Waals surface area contributed by atoms with Crippen LogP contribution in [0.15, 0.2) is 117 Å². The van der Waals surface area contributed by atoms with Crippen molar-refractivity contribution < 1.29 is 32.9 Å². The van der Waals surface area contributed by atoms with E-state index in [-0.39, 0.29) is 23.6 Å². The van der Waals surface area contributed by atoms with Gasteiger partial charge in [-0.1, -0.05) is 36.8 Å². The standard InChI is InChI=1S/C51H57N9O4/c1-53-29-31-55(35-53)24-8-5-13-38-18-19-43-46-39(38)14-9-16-41(46)48(61)59(50(43)63)27-7-4-3-6-23-57-33-34-58(37-57)25-11-22-52-45-21-20-44-47-40(45)15-10-17-42(47)49(62)60(51(44)64)28-12-26-56-32-30-54(2)36-56/h9-10,14-21,29-37H,3-8,11-13,22-28H2,1-2H3/q+2/p+1. The second kappa shape index (κ2) is 18.8. The van der Waals surface area contributed by atoms with Crippen LogP contribution in [0, 0.1) is 0 Å². The molecule has 328 valence electrons. The first-order chi connectivity index (χ1) is 31.2. The molecule has 0 radical (unpaired) electrons. The van der Waals surface area contributed by atoms with E-state index in [4.69, 9.17) is 0 Å². The average Bonchev–Trinajstić information content (AvgIpc) is 4.06. The molecule has 0 atom stereocenters. The van der Waals surface area contributed by atoms with Gasteiger partial charge in [0.05, 0.1) is 40.3 Å². The van der Waals surface area contributed by atoms with Gasteiger partial charge in [0.15, 0.2) is 0 Å². The third-order valence-electron chi connectivity index (χ3n) is 12.8. The third kappa shape index (κ3) is 8.84. The van der Waals surface area contributed by atoms with Gasteiger partial charge in [0.2, 0.25) is 19.0 Å². The Hall–Kier alpha value is -6.89. The highest BCUT2D eigenvalue weighted by Crippen LogP contribution is 2.35. The second-order valence-corrected chi connectivity index (χ2v) is 17.4. The molecule has 13 heteroatoms. The Morgan fingerprint density at radius 1 is 0.484 bits per heavy atom. The van der Waals surface area contributed by atoms with Crippen molar-refractivity contribution in [3.05, 3.63) is 145 Å². The van der Waals surface area contributed by atoms with Gasteiger partial charge in [-0.05, 0) is 79.8 Å². The van der Waals surface area contributed by atoms with E-state index in [1.165, 1.54) is 15.4 Å². The van der Waals surface area contributed by atoms with Gasteiger partial charge in [-0.3, -0.25) is 29.0 Å². The number of amides is 4. The number of imidazole rings is 3. The van der Waals surface area contributed by atoms with E-state index in [2.05, 4.69) is 67.0 Å². The number of anilines is 1. The van der Waals surface area contributed by atoms with Gasteiger partial charge >= 0.3 is 0 Å². The molecule has 3 aromatic heterocycles. The van der Waals surface area contributed by atoms with Gasteiger partial charge in [0.1, 0.15) is 37.2 Å². The van der Waals surface area contributed by atoms with Crippen molar-refractivity contribution in [3.63, 3.8) is 0 Å². The summed E-state index contributed by atoms with van der Waals surface area (Å²) in [5.41, 5.74) is 4.53. The number of imide groups is 2. The van der Waals surface area contributed by atoms with Crippen molar-refractivity contribution in [2.24, 2.45) is 14.1 Å². The number of nitrogens with one attached hydrogen (secondary N) is 1. The van der Waals surface area contributed by atoms with Crippen molar-refractivity contribution >= 4 is 50.9 Å². The molecule has 4 amide bonds. The summed E-state index contributed by atoms with van der Waals surface area (Å²) in [5.74, 6) is -0.830. The predicted molar refractivity (Wildman–Crippen MR) is 244 cm³/mol. The summed E-state index contributed by atoms with van der Waals surface area (Å²) in [4.78, 5) is 57.3. The van der Waals surface area contributed by atoms with E-state index >= 15 is 0 Å². The highest BCUT2D eigenvalue weighted by molar-refractivity contribution is 6.27. The Morgan fingerprint density at radius 2 is 1.00 bits per heavy atom. The number of carbonyl (C=O) groups excluding carboxylic acids is 4. The summed E-state index contributed by atoms with van der Waals surface area (Å²) in [5, 5.41) is 7.02. The number of aryl methyl sites for hydroxylation is 7. The maximum absolute atomic E-state index is 13.7. The summed E-state index contributed by atoms with van der Waals surface area (Å²) >= 11 is 0. The molecule has 7 aromatic rings. The number of carbonyl (C=O) groups is 4. The van der Waals surface area contributed by atoms with Gasteiger partial charge < -0.3 is 5.32 Å². The van der Waals surface area contributed by atoms with Crippen molar-refractivity contribution in [2.75, 3.05) is 25.0 Å². The Balaban J connectivity index is 0.700. The Bertz CT molecular complexity index is 2830. The van der Waals surface area contributed by atoms with Crippen LogP contribution in [0.1, 0.15) is 98.4 Å². The van der Waals surface area contributed by atoms with Crippen molar-refractivity contribution in [1.29, 1.82) is 0 Å². The Morgan fingerprint density at radius 3 is 1.64 bits per heavy atom. The monoisotopic (exact) mass is 860 g/mol. The third-order valence-corrected chi connectivity index (χ3v) is 12.8. The number of unbranched alkanes of at least 4 members (excludes halogenated alkanes) is 4. The number of hydrogen-bond acceptors (Lipinski definition) is 5. The summed E-state index contributed by atoms with van der Waals surface area (Å²) in [7, 11) is 3.99. The molecule has 13 nitrogen and oxygen atoms in total. The lowest BCUT2D eigenvalue weighted by Crippen LogP contribution is -2.41. The predicted octanol–water partition coefficient (Wildman–Crippen LogP) is 6.40. The first-order valence-electron chi connectivity index (χ1n) is 22.9. The SMILES string of the molecule is C[n+]1ccn(CCCCc2ccc3c4c(cccc24)C(=O)N(CCCCCCn2cc[n+](CCCNc4ccc5c6c(cccc46)C(=O)N(CCCn4cc[n+](C)c4)C5=O)c2)C3=O)c1. The van der Waals surface area contributed by atoms with Crippen LogP contribution in [0.2, 0.25) is 0 Å². The zero-order valence-corrected chi connectivity index (χ0v) is 37.0. The number of hydrogen-bond donors (Lipinski definition) is 1. The fourth-order valence-corrected chi connectivity index (χ4v) is 9.53. The topological polar surface area (TPSA) is 113 Å². The number of nitrogens with zero attached hydrogens (tertiary/aromatic N) is 8. The molecule has 64 heavy (non-hydrogen) atoms. The minimum Gasteiger partial charge on any atom is -0.384 e. The lowest BCUT2D eigenvalue weighted by Gasteiger charge is -2.28. The normalized spacial score (nSPS) is 13.6. The minimum atomic E-state index is -0.233. The molecule has 0 fully saturated rings. The largest absolute Gasteiger partial charge is 0.384 e. The molecule has 0 spiro atoms. The summed E-state index contributed by atoms with van der Waals surface area (Å²) < 4.78 is 12.7. The fraction of sp³-hybridized carbons (Fsp3) is 0.353. The molecular formula is C51H58N9O4+3. The van der Waals surface area contributed by atoms with E-state index < -0.39 is 0 Å². The zero-order chi connectivity index (χ0) is 44.2. The van der Waals surface area contributed by atoms with Crippen LogP contribution in [0.4, 0.5) is 5.69 Å². The van der Waals surface area contributed by atoms with Gasteiger partial charge in [-0.2, -0.15) is 0 Å². The molecule has 0 saturated heterocycles. The van der Waals surface area contributed by atoms with E-state index in [0.717, 1.165) is 111 Å². The molecule has 0 unspecified atom stereocenters. The molecule has 4 aromatic carbocycles. The lowest BCUT2D eigenvalue weighted by molar-refractivity contribution is -0.696. The van der Waals surface area contributed by atoms with Crippen LogP contribution in [-0.2, 0) is 46.7 Å². The van der Waals surface area contributed by atoms with Crippen LogP contribution in [0.3, 0.4) is 0 Å². The molecular weight excluding hydrogens is 803 g/mol. The molecule has 0 aliphatic carbocycles. The van der Waals surface area contributed by atoms with Gasteiger partial charge in [0, 0.05) is 76.6 Å². The van der Waals surface area contributed by atoms with Gasteiger partial charge in [-0.25, -0.2) is 27.4 Å². The molecule has 0 saturated carbocycles. The number of aromatic nitrogens is 6.